The van der Waals surface area contributed by atoms with Crippen LogP contribution >= 0.6 is 0 Å². The Balaban J connectivity index is 1.96. The summed E-state index contributed by atoms with van der Waals surface area (Å²) in [6.07, 6.45) is -1.40. The minimum Gasteiger partial charge on any atom is -0.331 e. The molecule has 1 aromatic carbocycles. The van der Waals surface area contributed by atoms with Gasteiger partial charge >= 0.3 is 6.03 Å². The minimum absolute atomic E-state index is 0.00348. The van der Waals surface area contributed by atoms with E-state index in [-0.39, 0.29) is 24.1 Å². The summed E-state index contributed by atoms with van der Waals surface area (Å²) < 4.78 is 25.2. The smallest absolute Gasteiger partial charge is 0.317 e. The van der Waals surface area contributed by atoms with Crippen molar-refractivity contribution >= 4 is 6.03 Å². The Labute approximate surface area is 139 Å². The van der Waals surface area contributed by atoms with Gasteiger partial charge in [0.1, 0.15) is 11.5 Å². The number of hydrogen-bond acceptors (Lipinski definition) is 3. The third-order valence-electron chi connectivity index (χ3n) is 3.73. The van der Waals surface area contributed by atoms with E-state index in [1.807, 2.05) is 32.0 Å². The third kappa shape index (κ3) is 4.47. The number of carbonyl (C=O) groups is 1. The van der Waals surface area contributed by atoms with E-state index >= 15 is 0 Å². The predicted octanol–water partition coefficient (Wildman–Crippen LogP) is 3.37. The summed E-state index contributed by atoms with van der Waals surface area (Å²) in [5.74, 6) is 0.154. The Morgan fingerprint density at radius 2 is 1.92 bits per heavy atom. The maximum Gasteiger partial charge on any atom is 0.317 e. The molecule has 0 saturated carbocycles. The monoisotopic (exact) mass is 334 g/mol. The average molecular weight is 334 g/mol. The molecule has 1 heterocycles. The topological polar surface area (TPSA) is 58.1 Å². The van der Waals surface area contributed by atoms with E-state index in [9.17, 15) is 13.6 Å². The molecule has 0 aliphatic rings. The van der Waals surface area contributed by atoms with E-state index in [4.69, 9.17) is 0 Å². The van der Waals surface area contributed by atoms with Gasteiger partial charge in [0.2, 0.25) is 0 Å². The van der Waals surface area contributed by atoms with Crippen molar-refractivity contribution < 1.29 is 13.6 Å². The van der Waals surface area contributed by atoms with Crippen LogP contribution in [-0.4, -0.2) is 27.9 Å². The normalized spacial score (nSPS) is 10.8. The summed E-state index contributed by atoms with van der Waals surface area (Å²) in [4.78, 5) is 21.3. The largest absolute Gasteiger partial charge is 0.331 e. The van der Waals surface area contributed by atoms with Crippen molar-refractivity contribution in [2.24, 2.45) is 0 Å². The Bertz CT molecular complexity index is 701. The zero-order chi connectivity index (χ0) is 17.7. The molecule has 7 heteroatoms. The number of aromatic nitrogens is 2. The summed E-state index contributed by atoms with van der Waals surface area (Å²) in [5, 5.41) is 2.64. The molecular weight excluding hydrogens is 314 g/mol. The molecule has 0 bridgehead atoms. The first-order chi connectivity index (χ1) is 11.4. The molecule has 2 amide bonds. The van der Waals surface area contributed by atoms with Crippen molar-refractivity contribution in [1.82, 2.24) is 20.2 Å². The number of amides is 2. The number of rotatable bonds is 5. The molecule has 128 valence electrons. The van der Waals surface area contributed by atoms with Gasteiger partial charge in [-0.25, -0.2) is 23.5 Å². The quantitative estimate of drug-likeness (QED) is 0.912. The standard InChI is InChI=1S/C17H20F2N4O/c1-11-5-4-6-12(2)13(11)10-23(3)17(24)21-9-15-20-8-7-14(22-15)16(18)19/h4-8,16H,9-10H2,1-3H3,(H,21,24). The van der Waals surface area contributed by atoms with Gasteiger partial charge in [0.15, 0.2) is 0 Å². The third-order valence-corrected chi connectivity index (χ3v) is 3.73. The second kappa shape index (κ2) is 7.81. The van der Waals surface area contributed by atoms with Crippen LogP contribution in [0.5, 0.6) is 0 Å². The van der Waals surface area contributed by atoms with Gasteiger partial charge in [-0.3, -0.25) is 0 Å². The highest BCUT2D eigenvalue weighted by Gasteiger charge is 2.13. The number of carbonyl (C=O) groups excluding carboxylic acids is 1. The lowest BCUT2D eigenvalue weighted by Crippen LogP contribution is -2.37. The fourth-order valence-electron chi connectivity index (χ4n) is 2.32. The molecule has 24 heavy (non-hydrogen) atoms. The van der Waals surface area contributed by atoms with Gasteiger partial charge in [-0.15, -0.1) is 0 Å². The second-order valence-corrected chi connectivity index (χ2v) is 5.58. The highest BCUT2D eigenvalue weighted by atomic mass is 19.3. The number of hydrogen-bond donors (Lipinski definition) is 1. The maximum absolute atomic E-state index is 12.6. The molecular formula is C17H20F2N4O. The SMILES string of the molecule is Cc1cccc(C)c1CN(C)C(=O)NCc1nccc(C(F)F)n1. The van der Waals surface area contributed by atoms with E-state index in [2.05, 4.69) is 15.3 Å². The van der Waals surface area contributed by atoms with Crippen molar-refractivity contribution in [1.29, 1.82) is 0 Å². The van der Waals surface area contributed by atoms with Crippen LogP contribution in [0.3, 0.4) is 0 Å². The molecule has 2 rings (SSSR count). The molecule has 0 spiro atoms. The van der Waals surface area contributed by atoms with Gasteiger partial charge in [-0.05, 0) is 36.6 Å². The summed E-state index contributed by atoms with van der Waals surface area (Å²) in [7, 11) is 1.68. The Morgan fingerprint density at radius 3 is 2.54 bits per heavy atom. The fourth-order valence-corrected chi connectivity index (χ4v) is 2.32. The number of aryl methyl sites for hydroxylation is 2. The Hall–Kier alpha value is -2.57. The molecule has 0 unspecified atom stereocenters. The first-order valence-electron chi connectivity index (χ1n) is 7.52. The van der Waals surface area contributed by atoms with E-state index in [1.165, 1.54) is 11.1 Å². The van der Waals surface area contributed by atoms with Crippen LogP contribution in [0.25, 0.3) is 0 Å². The van der Waals surface area contributed by atoms with Gasteiger partial charge in [-0.1, -0.05) is 18.2 Å². The molecule has 5 nitrogen and oxygen atoms in total. The van der Waals surface area contributed by atoms with Gasteiger partial charge in [0, 0.05) is 19.8 Å². The zero-order valence-corrected chi connectivity index (χ0v) is 13.9. The van der Waals surface area contributed by atoms with Crippen molar-refractivity contribution in [3.63, 3.8) is 0 Å². The van der Waals surface area contributed by atoms with E-state index < -0.39 is 6.43 Å². The van der Waals surface area contributed by atoms with Crippen LogP contribution in [-0.2, 0) is 13.1 Å². The lowest BCUT2D eigenvalue weighted by Gasteiger charge is -2.20. The van der Waals surface area contributed by atoms with Crippen LogP contribution < -0.4 is 5.32 Å². The van der Waals surface area contributed by atoms with Gasteiger partial charge in [0.05, 0.1) is 6.54 Å². The number of halogens is 2. The summed E-state index contributed by atoms with van der Waals surface area (Å²) in [5.41, 5.74) is 2.97. The molecule has 0 atom stereocenters. The Kier molecular flexibility index (Phi) is 5.78. The summed E-state index contributed by atoms with van der Waals surface area (Å²) >= 11 is 0. The number of alkyl halides is 2. The molecule has 1 aromatic heterocycles. The first-order valence-corrected chi connectivity index (χ1v) is 7.52. The van der Waals surface area contributed by atoms with Crippen molar-refractivity contribution in [2.75, 3.05) is 7.05 Å². The summed E-state index contributed by atoms with van der Waals surface area (Å²) in [6, 6.07) is 6.81. The highest BCUT2D eigenvalue weighted by Crippen LogP contribution is 2.16. The van der Waals surface area contributed by atoms with Crippen LogP contribution in [0.1, 0.15) is 34.6 Å². The van der Waals surface area contributed by atoms with Crippen LogP contribution in [0.15, 0.2) is 30.5 Å². The first kappa shape index (κ1) is 17.8. The van der Waals surface area contributed by atoms with Crippen molar-refractivity contribution in [3.8, 4) is 0 Å². The molecule has 0 aliphatic heterocycles. The number of nitrogens with one attached hydrogen (secondary N) is 1. The fraction of sp³-hybridized carbons (Fsp3) is 0.353. The van der Waals surface area contributed by atoms with Crippen LogP contribution in [0.2, 0.25) is 0 Å². The Morgan fingerprint density at radius 1 is 1.25 bits per heavy atom. The van der Waals surface area contributed by atoms with Gasteiger partial charge in [0.25, 0.3) is 6.43 Å². The summed E-state index contributed by atoms with van der Waals surface area (Å²) in [6.45, 7) is 4.45. The molecule has 2 aromatic rings. The van der Waals surface area contributed by atoms with Crippen molar-refractivity contribution in [3.05, 3.63) is 58.7 Å². The molecule has 1 N–H and O–H groups in total. The zero-order valence-electron chi connectivity index (χ0n) is 13.9. The van der Waals surface area contributed by atoms with E-state index in [0.717, 1.165) is 22.8 Å². The molecule has 0 fully saturated rings. The number of urea groups is 1. The van der Waals surface area contributed by atoms with Gasteiger partial charge < -0.3 is 10.2 Å². The average Bonchev–Trinajstić information content (AvgIpc) is 2.56. The van der Waals surface area contributed by atoms with Crippen LogP contribution in [0.4, 0.5) is 13.6 Å². The molecule has 0 radical (unpaired) electrons. The predicted molar refractivity (Wildman–Crippen MR) is 86.6 cm³/mol. The number of benzene rings is 1. The van der Waals surface area contributed by atoms with Gasteiger partial charge in [-0.2, -0.15) is 0 Å². The molecule has 0 saturated heterocycles. The lowest BCUT2D eigenvalue weighted by molar-refractivity contribution is 0.145. The maximum atomic E-state index is 12.6. The van der Waals surface area contributed by atoms with E-state index in [1.54, 1.807) is 7.05 Å². The minimum atomic E-state index is -2.66. The van der Waals surface area contributed by atoms with E-state index in [0.29, 0.717) is 6.54 Å². The highest BCUT2D eigenvalue weighted by molar-refractivity contribution is 5.73. The lowest BCUT2D eigenvalue weighted by atomic mass is 10.0. The van der Waals surface area contributed by atoms with Crippen LogP contribution in [0, 0.1) is 13.8 Å². The van der Waals surface area contributed by atoms with Crippen molar-refractivity contribution in [2.45, 2.75) is 33.4 Å². The number of nitrogens with zero attached hydrogens (tertiary/aromatic N) is 3. The second-order valence-electron chi connectivity index (χ2n) is 5.58. The molecule has 0 aliphatic carbocycles.